The van der Waals surface area contributed by atoms with E-state index in [1.165, 1.54) is 16.7 Å². The van der Waals surface area contributed by atoms with Crippen molar-refractivity contribution in [3.63, 3.8) is 0 Å². The van der Waals surface area contributed by atoms with Crippen LogP contribution in [0.15, 0.2) is 53.1 Å². The van der Waals surface area contributed by atoms with E-state index in [0.29, 0.717) is 6.04 Å². The van der Waals surface area contributed by atoms with Gasteiger partial charge in [-0.25, -0.2) is 0 Å². The summed E-state index contributed by atoms with van der Waals surface area (Å²) in [5.41, 5.74) is 3.86. The van der Waals surface area contributed by atoms with Crippen LogP contribution in [0.1, 0.15) is 22.7 Å². The first-order chi connectivity index (χ1) is 9.76. The summed E-state index contributed by atoms with van der Waals surface area (Å²) in [6.07, 6.45) is 5.08. The molecule has 1 aliphatic heterocycles. The Balaban J connectivity index is 1.86. The van der Waals surface area contributed by atoms with E-state index < -0.39 is 0 Å². The van der Waals surface area contributed by atoms with Crippen molar-refractivity contribution in [2.75, 3.05) is 7.11 Å². The van der Waals surface area contributed by atoms with Gasteiger partial charge in [-0.05, 0) is 59.7 Å². The lowest BCUT2D eigenvalue weighted by atomic mass is 9.93. The van der Waals surface area contributed by atoms with E-state index in [0.717, 1.165) is 16.6 Å². The van der Waals surface area contributed by atoms with Gasteiger partial charge in [-0.1, -0.05) is 34.1 Å². The number of methoxy groups -OCH3 is 1. The molecular formula is C17H16BrNO. The first-order valence-electron chi connectivity index (χ1n) is 6.61. The zero-order valence-electron chi connectivity index (χ0n) is 11.3. The van der Waals surface area contributed by atoms with E-state index in [9.17, 15) is 0 Å². The Kier molecular flexibility index (Phi) is 3.79. The van der Waals surface area contributed by atoms with Gasteiger partial charge in [0.1, 0.15) is 5.75 Å². The number of hydrogen-bond acceptors (Lipinski definition) is 2. The van der Waals surface area contributed by atoms with Crippen LogP contribution in [0.25, 0.3) is 6.08 Å². The summed E-state index contributed by atoms with van der Waals surface area (Å²) in [5.74, 6) is 0.901. The molecule has 0 aromatic heterocycles. The molecule has 3 rings (SSSR count). The average Bonchev–Trinajstić information content (AvgIpc) is 2.49. The van der Waals surface area contributed by atoms with Gasteiger partial charge in [0.2, 0.25) is 0 Å². The third-order valence-electron chi connectivity index (χ3n) is 3.58. The summed E-state index contributed by atoms with van der Waals surface area (Å²) in [5, 5.41) is 3.44. The first-order valence-corrected chi connectivity index (χ1v) is 7.40. The Morgan fingerprint density at radius 1 is 1.15 bits per heavy atom. The fourth-order valence-electron chi connectivity index (χ4n) is 2.51. The molecule has 0 saturated heterocycles. The fourth-order valence-corrected chi connectivity index (χ4v) is 2.77. The molecule has 0 radical (unpaired) electrons. The van der Waals surface area contributed by atoms with Gasteiger partial charge in [0, 0.05) is 4.47 Å². The lowest BCUT2D eigenvalue weighted by Crippen LogP contribution is -2.21. The highest BCUT2D eigenvalue weighted by Crippen LogP contribution is 2.29. The van der Waals surface area contributed by atoms with Crippen molar-refractivity contribution in [1.29, 1.82) is 0 Å². The molecule has 3 heteroatoms. The van der Waals surface area contributed by atoms with Gasteiger partial charge in [-0.3, -0.25) is 0 Å². The average molecular weight is 330 g/mol. The summed E-state index contributed by atoms with van der Waals surface area (Å²) < 4.78 is 6.40. The summed E-state index contributed by atoms with van der Waals surface area (Å²) in [6.45, 7) is 0. The molecule has 102 valence electrons. The second-order valence-corrected chi connectivity index (χ2v) is 5.79. The molecule has 1 N–H and O–H groups in total. The summed E-state index contributed by atoms with van der Waals surface area (Å²) in [7, 11) is 1.70. The van der Waals surface area contributed by atoms with Crippen molar-refractivity contribution in [2.45, 2.75) is 12.5 Å². The molecule has 0 fully saturated rings. The lowest BCUT2D eigenvalue weighted by Gasteiger charge is -2.24. The van der Waals surface area contributed by atoms with Crippen molar-refractivity contribution < 1.29 is 4.74 Å². The van der Waals surface area contributed by atoms with Gasteiger partial charge in [0.25, 0.3) is 0 Å². The molecule has 0 amide bonds. The number of hydrogen-bond donors (Lipinski definition) is 1. The van der Waals surface area contributed by atoms with Crippen LogP contribution in [0.3, 0.4) is 0 Å². The molecule has 2 aromatic carbocycles. The van der Waals surface area contributed by atoms with Crippen molar-refractivity contribution in [3.05, 3.63) is 69.8 Å². The Labute approximate surface area is 127 Å². The topological polar surface area (TPSA) is 21.3 Å². The second-order valence-electron chi connectivity index (χ2n) is 4.88. The van der Waals surface area contributed by atoms with E-state index in [1.54, 1.807) is 7.11 Å². The highest BCUT2D eigenvalue weighted by atomic mass is 79.9. The van der Waals surface area contributed by atoms with Crippen LogP contribution in [-0.4, -0.2) is 7.11 Å². The van der Waals surface area contributed by atoms with Crippen LogP contribution >= 0.6 is 15.9 Å². The molecule has 1 aliphatic rings. The Hall–Kier alpha value is -1.74. The summed E-state index contributed by atoms with van der Waals surface area (Å²) in [4.78, 5) is 0. The molecular weight excluding hydrogens is 314 g/mol. The van der Waals surface area contributed by atoms with E-state index in [4.69, 9.17) is 4.74 Å². The Morgan fingerprint density at radius 3 is 2.70 bits per heavy atom. The van der Waals surface area contributed by atoms with Crippen LogP contribution in [0, 0.1) is 0 Å². The number of benzene rings is 2. The van der Waals surface area contributed by atoms with Crippen LogP contribution < -0.4 is 10.1 Å². The highest BCUT2D eigenvalue weighted by molar-refractivity contribution is 9.10. The fraction of sp³-hybridized carbons (Fsp3) is 0.176. The lowest BCUT2D eigenvalue weighted by molar-refractivity contribution is 0.414. The molecule has 2 aromatic rings. The normalized spacial score (nSPS) is 16.4. The van der Waals surface area contributed by atoms with Gasteiger partial charge in [0.15, 0.2) is 0 Å². The molecule has 2 nitrogen and oxygen atoms in total. The molecule has 0 bridgehead atoms. The third kappa shape index (κ3) is 2.73. The van der Waals surface area contributed by atoms with E-state index in [2.05, 4.69) is 63.7 Å². The predicted molar refractivity (Wildman–Crippen MR) is 85.8 cm³/mol. The maximum absolute atomic E-state index is 5.29. The number of halogens is 1. The van der Waals surface area contributed by atoms with Crippen molar-refractivity contribution in [2.24, 2.45) is 0 Å². The minimum absolute atomic E-state index is 0.307. The largest absolute Gasteiger partial charge is 0.497 e. The minimum atomic E-state index is 0.307. The van der Waals surface area contributed by atoms with Crippen molar-refractivity contribution in [1.82, 2.24) is 5.32 Å². The molecule has 0 aliphatic carbocycles. The number of rotatable bonds is 3. The third-order valence-corrected chi connectivity index (χ3v) is 4.11. The SMILES string of the molecule is COc1ccc2c(c1)C=CNC2Cc1ccc(Br)cc1. The van der Waals surface area contributed by atoms with Gasteiger partial charge >= 0.3 is 0 Å². The summed E-state index contributed by atoms with van der Waals surface area (Å²) >= 11 is 3.47. The number of fused-ring (bicyclic) bond motifs is 1. The van der Waals surface area contributed by atoms with Crippen LogP contribution in [-0.2, 0) is 6.42 Å². The monoisotopic (exact) mass is 329 g/mol. The molecule has 20 heavy (non-hydrogen) atoms. The second kappa shape index (κ2) is 5.71. The Bertz CT molecular complexity index is 634. The van der Waals surface area contributed by atoms with Crippen LogP contribution in [0.2, 0.25) is 0 Å². The number of nitrogens with one attached hydrogen (secondary N) is 1. The van der Waals surface area contributed by atoms with E-state index in [1.807, 2.05) is 12.3 Å². The quantitative estimate of drug-likeness (QED) is 0.905. The molecule has 1 heterocycles. The molecule has 1 atom stereocenters. The standard InChI is InChI=1S/C17H16BrNO/c1-20-15-6-7-16-13(11-15)8-9-19-17(16)10-12-2-4-14(18)5-3-12/h2-9,11,17,19H,10H2,1H3. The van der Waals surface area contributed by atoms with Crippen molar-refractivity contribution >= 4 is 22.0 Å². The van der Waals surface area contributed by atoms with Gasteiger partial charge in [-0.2, -0.15) is 0 Å². The van der Waals surface area contributed by atoms with E-state index >= 15 is 0 Å². The smallest absolute Gasteiger partial charge is 0.119 e. The highest BCUT2D eigenvalue weighted by Gasteiger charge is 2.17. The minimum Gasteiger partial charge on any atom is -0.497 e. The zero-order valence-corrected chi connectivity index (χ0v) is 12.9. The molecule has 0 spiro atoms. The van der Waals surface area contributed by atoms with Gasteiger partial charge in [0.05, 0.1) is 13.2 Å². The number of ether oxygens (including phenoxy) is 1. The van der Waals surface area contributed by atoms with E-state index in [-0.39, 0.29) is 0 Å². The first kappa shape index (κ1) is 13.3. The van der Waals surface area contributed by atoms with Gasteiger partial charge in [-0.15, -0.1) is 0 Å². The molecule has 0 saturated carbocycles. The maximum Gasteiger partial charge on any atom is 0.119 e. The molecule has 1 unspecified atom stereocenters. The van der Waals surface area contributed by atoms with Crippen molar-refractivity contribution in [3.8, 4) is 5.75 Å². The van der Waals surface area contributed by atoms with Gasteiger partial charge < -0.3 is 10.1 Å². The Morgan fingerprint density at radius 2 is 1.95 bits per heavy atom. The maximum atomic E-state index is 5.29. The van der Waals surface area contributed by atoms with Crippen LogP contribution in [0.5, 0.6) is 5.75 Å². The van der Waals surface area contributed by atoms with Crippen LogP contribution in [0.4, 0.5) is 0 Å². The predicted octanol–water partition coefficient (Wildman–Crippen LogP) is 4.32. The summed E-state index contributed by atoms with van der Waals surface area (Å²) in [6, 6.07) is 15.1. The zero-order chi connectivity index (χ0) is 13.9.